The van der Waals surface area contributed by atoms with Gasteiger partial charge in [-0.2, -0.15) is 0 Å². The summed E-state index contributed by atoms with van der Waals surface area (Å²) in [5.41, 5.74) is 5.93. The van der Waals surface area contributed by atoms with Crippen LogP contribution in [-0.2, 0) is 6.54 Å². The molecule has 1 aromatic heterocycles. The van der Waals surface area contributed by atoms with Crippen LogP contribution >= 0.6 is 0 Å². The van der Waals surface area contributed by atoms with Gasteiger partial charge < -0.3 is 20.2 Å². The number of aromatic hydroxyl groups is 1. The fourth-order valence-corrected chi connectivity index (χ4v) is 1.65. The predicted molar refractivity (Wildman–Crippen MR) is 67.0 cm³/mol. The Morgan fingerprint density at radius 2 is 2.17 bits per heavy atom. The molecule has 0 unspecified atom stereocenters. The molecule has 1 aromatic carbocycles. The van der Waals surface area contributed by atoms with Crippen LogP contribution in [0.5, 0.6) is 5.75 Å². The van der Waals surface area contributed by atoms with Crippen molar-refractivity contribution in [3.05, 3.63) is 47.9 Å². The molecule has 0 radical (unpaired) electrons. The Labute approximate surface area is 104 Å². The lowest BCUT2D eigenvalue weighted by atomic mass is 10.1. The zero-order valence-corrected chi connectivity index (χ0v) is 9.96. The molecular formula is C13H14N2O3. The summed E-state index contributed by atoms with van der Waals surface area (Å²) in [4.78, 5) is 13.6. The minimum Gasteiger partial charge on any atom is -0.505 e. The van der Waals surface area contributed by atoms with Gasteiger partial charge in [-0.1, -0.05) is 6.07 Å². The lowest BCUT2D eigenvalue weighted by Gasteiger charge is -2.16. The molecule has 1 amide bonds. The largest absolute Gasteiger partial charge is 0.505 e. The number of para-hydroxylation sites is 1. The Hall–Kier alpha value is -2.43. The Balaban J connectivity index is 2.18. The highest BCUT2D eigenvalue weighted by molar-refractivity contribution is 5.98. The van der Waals surface area contributed by atoms with E-state index in [9.17, 15) is 9.90 Å². The smallest absolute Gasteiger partial charge is 0.257 e. The van der Waals surface area contributed by atoms with Gasteiger partial charge >= 0.3 is 0 Å². The summed E-state index contributed by atoms with van der Waals surface area (Å²) < 4.78 is 5.16. The van der Waals surface area contributed by atoms with Crippen molar-refractivity contribution >= 4 is 11.6 Å². The van der Waals surface area contributed by atoms with Gasteiger partial charge in [0, 0.05) is 7.05 Å². The van der Waals surface area contributed by atoms with E-state index >= 15 is 0 Å². The van der Waals surface area contributed by atoms with Gasteiger partial charge in [-0.3, -0.25) is 4.79 Å². The first kappa shape index (κ1) is 12.0. The maximum Gasteiger partial charge on any atom is 0.257 e. The summed E-state index contributed by atoms with van der Waals surface area (Å²) in [5, 5.41) is 9.75. The van der Waals surface area contributed by atoms with Gasteiger partial charge in [-0.05, 0) is 24.3 Å². The average Bonchev–Trinajstić information content (AvgIpc) is 2.84. The van der Waals surface area contributed by atoms with Crippen molar-refractivity contribution < 1.29 is 14.3 Å². The van der Waals surface area contributed by atoms with Gasteiger partial charge in [0.15, 0.2) is 5.75 Å². The molecule has 0 aliphatic heterocycles. The van der Waals surface area contributed by atoms with Gasteiger partial charge in [-0.25, -0.2) is 0 Å². The van der Waals surface area contributed by atoms with Crippen molar-refractivity contribution in [3.63, 3.8) is 0 Å². The first-order valence-corrected chi connectivity index (χ1v) is 5.45. The number of benzene rings is 1. The molecule has 5 heteroatoms. The second kappa shape index (κ2) is 4.83. The van der Waals surface area contributed by atoms with Crippen LogP contribution < -0.4 is 5.73 Å². The van der Waals surface area contributed by atoms with Crippen LogP contribution in [0.1, 0.15) is 16.1 Å². The van der Waals surface area contributed by atoms with E-state index in [1.807, 2.05) is 0 Å². The lowest BCUT2D eigenvalue weighted by molar-refractivity contribution is 0.0772. The minimum absolute atomic E-state index is 0.184. The molecule has 94 valence electrons. The number of hydrogen-bond acceptors (Lipinski definition) is 4. The van der Waals surface area contributed by atoms with Crippen molar-refractivity contribution in [1.29, 1.82) is 0 Å². The van der Waals surface area contributed by atoms with Crippen molar-refractivity contribution in [2.24, 2.45) is 0 Å². The number of carbonyl (C=O) groups is 1. The second-order valence-electron chi connectivity index (χ2n) is 3.98. The molecule has 0 bridgehead atoms. The molecule has 3 N–H and O–H groups in total. The Morgan fingerprint density at radius 3 is 2.83 bits per heavy atom. The summed E-state index contributed by atoms with van der Waals surface area (Å²) in [6.07, 6.45) is 1.55. The normalized spacial score (nSPS) is 10.3. The Morgan fingerprint density at radius 1 is 1.39 bits per heavy atom. The molecule has 0 fully saturated rings. The molecular weight excluding hydrogens is 232 g/mol. The number of furan rings is 1. The molecule has 5 nitrogen and oxygen atoms in total. The van der Waals surface area contributed by atoms with Gasteiger partial charge in [0.05, 0.1) is 24.1 Å². The second-order valence-corrected chi connectivity index (χ2v) is 3.98. The van der Waals surface area contributed by atoms with Crippen molar-refractivity contribution in [2.75, 3.05) is 12.8 Å². The Kier molecular flexibility index (Phi) is 3.23. The van der Waals surface area contributed by atoms with E-state index < -0.39 is 0 Å². The summed E-state index contributed by atoms with van der Waals surface area (Å²) in [6.45, 7) is 0.333. The molecule has 18 heavy (non-hydrogen) atoms. The number of phenolic OH excluding ortho intramolecular Hbond substituents is 1. The van der Waals surface area contributed by atoms with Crippen molar-refractivity contribution in [1.82, 2.24) is 4.90 Å². The number of nitrogens with two attached hydrogens (primary N) is 1. The standard InChI is InChI=1S/C13H14N2O3/c1-15(8-9-4-3-7-18-9)13(17)10-5-2-6-11(14)12(10)16/h2-7,16H,8,14H2,1H3. The third-order valence-corrected chi connectivity index (χ3v) is 2.62. The van der Waals surface area contributed by atoms with Crippen LogP contribution in [0.25, 0.3) is 0 Å². The molecule has 2 rings (SSSR count). The topological polar surface area (TPSA) is 79.7 Å². The Bertz CT molecular complexity index is 549. The number of nitrogen functional groups attached to an aromatic ring is 1. The van der Waals surface area contributed by atoms with Crippen LogP contribution in [0.2, 0.25) is 0 Å². The molecule has 0 spiro atoms. The molecule has 0 saturated heterocycles. The van der Waals surface area contributed by atoms with Crippen LogP contribution in [0, 0.1) is 0 Å². The average molecular weight is 246 g/mol. The third-order valence-electron chi connectivity index (χ3n) is 2.62. The molecule has 1 heterocycles. The van der Waals surface area contributed by atoms with E-state index in [1.165, 1.54) is 11.0 Å². The maximum absolute atomic E-state index is 12.1. The van der Waals surface area contributed by atoms with E-state index in [0.717, 1.165) is 0 Å². The molecule has 0 aliphatic rings. The van der Waals surface area contributed by atoms with E-state index in [2.05, 4.69) is 0 Å². The molecule has 0 aliphatic carbocycles. The van der Waals surface area contributed by atoms with E-state index in [1.54, 1.807) is 37.6 Å². The molecule has 0 saturated carbocycles. The molecule has 0 atom stereocenters. The first-order valence-electron chi connectivity index (χ1n) is 5.45. The van der Waals surface area contributed by atoms with E-state index in [0.29, 0.717) is 12.3 Å². The van der Waals surface area contributed by atoms with Gasteiger partial charge in [0.2, 0.25) is 0 Å². The summed E-state index contributed by atoms with van der Waals surface area (Å²) in [7, 11) is 1.63. The van der Waals surface area contributed by atoms with Gasteiger partial charge in [0.25, 0.3) is 5.91 Å². The first-order chi connectivity index (χ1) is 8.59. The highest BCUT2D eigenvalue weighted by Crippen LogP contribution is 2.25. The number of phenols is 1. The fourth-order valence-electron chi connectivity index (χ4n) is 1.65. The van der Waals surface area contributed by atoms with Crippen molar-refractivity contribution in [2.45, 2.75) is 6.54 Å². The molecule has 2 aromatic rings. The number of anilines is 1. The number of amides is 1. The fraction of sp³-hybridized carbons (Fsp3) is 0.154. The number of rotatable bonds is 3. The summed E-state index contributed by atoms with van der Waals surface area (Å²) in [5.74, 6) is 0.180. The van der Waals surface area contributed by atoms with Crippen LogP contribution in [0.3, 0.4) is 0 Å². The summed E-state index contributed by atoms with van der Waals surface area (Å²) in [6, 6.07) is 8.24. The monoisotopic (exact) mass is 246 g/mol. The third kappa shape index (κ3) is 2.29. The SMILES string of the molecule is CN(Cc1ccco1)C(=O)c1cccc(N)c1O. The van der Waals surface area contributed by atoms with E-state index in [-0.39, 0.29) is 22.9 Å². The minimum atomic E-state index is -0.309. The number of hydrogen-bond donors (Lipinski definition) is 2. The summed E-state index contributed by atoms with van der Waals surface area (Å²) >= 11 is 0. The van der Waals surface area contributed by atoms with Crippen LogP contribution in [0.15, 0.2) is 41.0 Å². The zero-order valence-electron chi connectivity index (χ0n) is 9.96. The van der Waals surface area contributed by atoms with Crippen molar-refractivity contribution in [3.8, 4) is 5.75 Å². The highest BCUT2D eigenvalue weighted by atomic mass is 16.3. The number of nitrogens with zero attached hydrogens (tertiary/aromatic N) is 1. The zero-order chi connectivity index (χ0) is 13.1. The van der Waals surface area contributed by atoms with Crippen LogP contribution in [-0.4, -0.2) is 23.0 Å². The van der Waals surface area contributed by atoms with Gasteiger partial charge in [-0.15, -0.1) is 0 Å². The lowest BCUT2D eigenvalue weighted by Crippen LogP contribution is -2.26. The quantitative estimate of drug-likeness (QED) is 0.639. The van der Waals surface area contributed by atoms with Crippen LogP contribution in [0.4, 0.5) is 5.69 Å². The maximum atomic E-state index is 12.1. The van der Waals surface area contributed by atoms with E-state index in [4.69, 9.17) is 10.2 Å². The number of carbonyl (C=O) groups excluding carboxylic acids is 1. The highest BCUT2D eigenvalue weighted by Gasteiger charge is 2.17. The predicted octanol–water partition coefficient (Wildman–Crippen LogP) is 1.84. The van der Waals surface area contributed by atoms with Gasteiger partial charge in [0.1, 0.15) is 5.76 Å².